The van der Waals surface area contributed by atoms with Crippen LogP contribution >= 0.6 is 0 Å². The third kappa shape index (κ3) is 5.83. The fraction of sp³-hybridized carbons (Fsp3) is 0.182. The van der Waals surface area contributed by atoms with Gasteiger partial charge in [-0.2, -0.15) is 0 Å². The maximum atomic E-state index is 2.65. The first-order chi connectivity index (χ1) is 32.6. The first kappa shape index (κ1) is 40.8. The van der Waals surface area contributed by atoms with Crippen molar-refractivity contribution in [1.29, 1.82) is 0 Å². The Balaban J connectivity index is 1.21. The predicted octanol–water partition coefficient (Wildman–Crippen LogP) is 18.5. The Kier molecular flexibility index (Phi) is 8.44. The third-order valence-corrected chi connectivity index (χ3v) is 15.3. The van der Waals surface area contributed by atoms with Crippen molar-refractivity contribution in [2.45, 2.75) is 78.6 Å². The highest BCUT2D eigenvalue weighted by molar-refractivity contribution is 6.46. The zero-order chi connectivity index (χ0) is 46.6. The molecule has 2 heteroatoms. The van der Waals surface area contributed by atoms with Gasteiger partial charge in [0.1, 0.15) is 0 Å². The Morgan fingerprint density at radius 2 is 0.603 bits per heavy atom. The van der Waals surface area contributed by atoms with Gasteiger partial charge < -0.3 is 8.80 Å². The van der Waals surface area contributed by atoms with E-state index in [-0.39, 0.29) is 16.2 Å². The van der Waals surface area contributed by atoms with E-state index >= 15 is 0 Å². The summed E-state index contributed by atoms with van der Waals surface area (Å²) in [5.74, 6) is 0. The highest BCUT2D eigenvalue weighted by Gasteiger charge is 2.31. The van der Waals surface area contributed by atoms with Crippen LogP contribution in [0.3, 0.4) is 0 Å². The zero-order valence-electron chi connectivity index (χ0n) is 40.6. The molecule has 0 unspecified atom stereocenters. The van der Waals surface area contributed by atoms with Gasteiger partial charge in [-0.05, 0) is 78.4 Å². The molecular formula is C66H56N2. The molecule has 0 saturated carbocycles. The molecule has 0 saturated heterocycles. The molecule has 0 bridgehead atoms. The lowest BCUT2D eigenvalue weighted by Crippen LogP contribution is -2.10. The van der Waals surface area contributed by atoms with Gasteiger partial charge in [-0.3, -0.25) is 0 Å². The van der Waals surface area contributed by atoms with Crippen molar-refractivity contribution in [2.75, 3.05) is 0 Å². The van der Waals surface area contributed by atoms with Crippen molar-refractivity contribution in [1.82, 2.24) is 8.80 Å². The van der Waals surface area contributed by atoms with E-state index < -0.39 is 0 Å². The van der Waals surface area contributed by atoms with Crippen LogP contribution in [0.15, 0.2) is 176 Å². The van der Waals surface area contributed by atoms with Crippen LogP contribution in [0.4, 0.5) is 0 Å². The summed E-state index contributed by atoms with van der Waals surface area (Å²) in [5.41, 5.74) is 21.7. The minimum atomic E-state index is 0.0636. The average molecular weight is 877 g/mol. The summed E-state index contributed by atoms with van der Waals surface area (Å²) in [4.78, 5) is 0. The largest absolute Gasteiger partial charge is 0.307 e. The van der Waals surface area contributed by atoms with E-state index in [1.165, 1.54) is 137 Å². The van der Waals surface area contributed by atoms with E-state index in [2.05, 4.69) is 247 Å². The fourth-order valence-electron chi connectivity index (χ4n) is 11.7. The minimum absolute atomic E-state index is 0.0636. The second kappa shape index (κ2) is 14.1. The van der Waals surface area contributed by atoms with Gasteiger partial charge in [0, 0.05) is 54.2 Å². The van der Waals surface area contributed by atoms with Gasteiger partial charge in [0.15, 0.2) is 0 Å². The Morgan fingerprint density at radius 3 is 0.985 bits per heavy atom. The monoisotopic (exact) mass is 876 g/mol. The van der Waals surface area contributed by atoms with Crippen LogP contribution in [0, 0.1) is 0 Å². The molecule has 68 heavy (non-hydrogen) atoms. The summed E-state index contributed by atoms with van der Waals surface area (Å²) in [7, 11) is 0. The lowest BCUT2D eigenvalue weighted by atomic mass is 9.86. The van der Waals surface area contributed by atoms with Crippen molar-refractivity contribution in [3.8, 4) is 44.5 Å². The maximum Gasteiger partial charge on any atom is 0.0634 e. The number of hydrogen-bond acceptors (Lipinski definition) is 0. The van der Waals surface area contributed by atoms with Crippen LogP contribution in [0.5, 0.6) is 0 Å². The van der Waals surface area contributed by atoms with E-state index in [1.807, 2.05) is 0 Å². The Hall–Kier alpha value is -7.42. The molecule has 0 amide bonds. The van der Waals surface area contributed by atoms with Crippen LogP contribution in [0.1, 0.15) is 79.0 Å². The fourth-order valence-corrected chi connectivity index (χ4v) is 11.7. The SMILES string of the molecule is CC(C)(C)c1ccc(-c2ccc3c4c5c6cccc(-c7ccc(C(C)(C)C)cc7)c6n6c7cc(-c8ccc(C(C)(C)C)cc8)ccc7c(c7c8cccc(-c9ccccc9)c8n(c3c2)c47)c56)cc1. The van der Waals surface area contributed by atoms with Gasteiger partial charge >= 0.3 is 0 Å². The molecule has 0 N–H and O–H groups in total. The van der Waals surface area contributed by atoms with Gasteiger partial charge in [-0.25, -0.2) is 0 Å². The van der Waals surface area contributed by atoms with E-state index in [9.17, 15) is 0 Å². The first-order valence-corrected chi connectivity index (χ1v) is 24.4. The van der Waals surface area contributed by atoms with E-state index in [0.717, 1.165) is 0 Å². The van der Waals surface area contributed by atoms with Crippen LogP contribution in [-0.4, -0.2) is 8.80 Å². The van der Waals surface area contributed by atoms with Crippen molar-refractivity contribution in [3.63, 3.8) is 0 Å². The summed E-state index contributed by atoms with van der Waals surface area (Å²) in [6.45, 7) is 20.6. The third-order valence-electron chi connectivity index (χ3n) is 15.3. The second-order valence-corrected chi connectivity index (χ2v) is 22.6. The van der Waals surface area contributed by atoms with E-state index in [1.54, 1.807) is 0 Å². The molecule has 0 fully saturated rings. The smallest absolute Gasteiger partial charge is 0.0634 e. The van der Waals surface area contributed by atoms with Gasteiger partial charge in [0.05, 0.1) is 33.1 Å². The van der Waals surface area contributed by atoms with Gasteiger partial charge in [0.2, 0.25) is 0 Å². The average Bonchev–Trinajstić information content (AvgIpc) is 4.06. The van der Waals surface area contributed by atoms with Crippen LogP contribution in [0.2, 0.25) is 0 Å². The summed E-state index contributed by atoms with van der Waals surface area (Å²) in [6.07, 6.45) is 0. The molecule has 330 valence electrons. The number of aromatic nitrogens is 2. The van der Waals surface area contributed by atoms with Crippen LogP contribution < -0.4 is 0 Å². The van der Waals surface area contributed by atoms with Crippen molar-refractivity contribution in [2.24, 2.45) is 0 Å². The van der Waals surface area contributed by atoms with Gasteiger partial charge in [0.25, 0.3) is 0 Å². The minimum Gasteiger partial charge on any atom is -0.307 e. The molecule has 9 aromatic carbocycles. The molecule has 4 aromatic heterocycles. The topological polar surface area (TPSA) is 8.82 Å². The molecule has 13 aromatic rings. The normalized spacial score (nSPS) is 13.1. The molecular weight excluding hydrogens is 821 g/mol. The zero-order valence-corrected chi connectivity index (χ0v) is 40.6. The second-order valence-electron chi connectivity index (χ2n) is 22.6. The molecule has 4 heterocycles. The number of hydrogen-bond donors (Lipinski definition) is 0. The molecule has 0 aliphatic rings. The van der Waals surface area contributed by atoms with Gasteiger partial charge in [-0.1, -0.05) is 226 Å². The first-order valence-electron chi connectivity index (χ1n) is 24.4. The highest BCUT2D eigenvalue weighted by Crippen LogP contribution is 2.54. The molecule has 0 aliphatic carbocycles. The lowest BCUT2D eigenvalue weighted by Gasteiger charge is -2.19. The van der Waals surface area contributed by atoms with Crippen molar-refractivity contribution < 1.29 is 0 Å². The number of nitrogens with zero attached hydrogens (tertiary/aromatic N) is 2. The number of rotatable bonds is 4. The van der Waals surface area contributed by atoms with Crippen molar-refractivity contribution >= 4 is 76.2 Å². The predicted molar refractivity (Wildman–Crippen MR) is 294 cm³/mol. The molecule has 0 spiro atoms. The lowest BCUT2D eigenvalue weighted by molar-refractivity contribution is 0.590. The summed E-state index contributed by atoms with van der Waals surface area (Å²) in [5, 5.41) is 10.5. The molecule has 0 aliphatic heterocycles. The molecule has 2 nitrogen and oxygen atoms in total. The van der Waals surface area contributed by atoms with Crippen molar-refractivity contribution in [3.05, 3.63) is 193 Å². The van der Waals surface area contributed by atoms with Crippen LogP contribution in [-0.2, 0) is 16.2 Å². The number of fused-ring (bicyclic) bond motifs is 14. The summed E-state index contributed by atoms with van der Waals surface area (Å²) < 4.78 is 5.29. The number of para-hydroxylation sites is 2. The maximum absolute atomic E-state index is 2.65. The molecule has 13 rings (SSSR count). The highest BCUT2D eigenvalue weighted by atomic mass is 14.9. The Morgan fingerprint density at radius 1 is 0.265 bits per heavy atom. The molecule has 0 atom stereocenters. The quantitative estimate of drug-likeness (QED) is 0.167. The Bertz CT molecular complexity index is 4120. The van der Waals surface area contributed by atoms with E-state index in [4.69, 9.17) is 0 Å². The summed E-state index contributed by atoms with van der Waals surface area (Å²) >= 11 is 0. The standard InChI is InChI=1S/C66H56N2/c1-64(2,3)45-29-21-39(22-30-45)43-27-35-50-54(37-43)67-60-48(41-15-11-10-12-16-41)17-13-19-52(60)58-56-51-36-28-44(40-23-31-46(32-24-40)65(4,5)6)38-55(51)68-61-49(42-25-33-47(34-26-42)66(7,8)9)18-14-20-53(61)59(63(56)68)57(50)62(58)67/h10-38H,1-9H3. The molecule has 0 radical (unpaired) electrons. The van der Waals surface area contributed by atoms with Gasteiger partial charge in [-0.15, -0.1) is 0 Å². The Labute approximate surface area is 398 Å². The van der Waals surface area contributed by atoms with E-state index in [0.29, 0.717) is 0 Å². The summed E-state index contributed by atoms with van der Waals surface area (Å²) in [6, 6.07) is 67.3. The number of benzene rings is 9. The van der Waals surface area contributed by atoms with Crippen LogP contribution in [0.25, 0.3) is 121 Å².